The first-order valence-electron chi connectivity index (χ1n) is 16.0. The van der Waals surface area contributed by atoms with Crippen LogP contribution in [-0.2, 0) is 4.74 Å². The minimum absolute atomic E-state index is 0.184. The number of rotatable bonds is 6. The third kappa shape index (κ3) is 7.39. The molecule has 1 saturated carbocycles. The molecule has 6 rings (SSSR count). The molecule has 2 aromatic heterocycles. The number of ether oxygens (including phenoxy) is 1. The van der Waals surface area contributed by atoms with E-state index in [0.717, 1.165) is 63.5 Å². The van der Waals surface area contributed by atoms with Gasteiger partial charge in [-0.3, -0.25) is 9.69 Å². The minimum Gasteiger partial charge on any atom is -0.444 e. The number of halogens is 1. The molecule has 46 heavy (non-hydrogen) atoms. The molecular weight excluding hydrogens is 624 g/mol. The van der Waals surface area contributed by atoms with Crippen LogP contribution in [0.25, 0.3) is 0 Å². The molecule has 1 aromatic carbocycles. The smallest absolute Gasteiger partial charge is 0.410 e. The Morgan fingerprint density at radius 2 is 1.76 bits per heavy atom. The second-order valence-corrected chi connectivity index (χ2v) is 15.2. The standard InChI is InChI=1S/C33H43ClN8O3S/c1-21-7-6-8-24(34)28(21)39-29(43)25-20-35-30(46-25)38-26-17-27(37-22(2)36-26)41-15-13-40(14-16-41)23-18-33(19-23)9-11-42(12-10-33)31(44)45-32(3,4)5/h6-8,17,20,23H,9-16,18-19H2,1-5H3,(H,39,43)(H,35,36,37,38). The SMILES string of the molecule is Cc1nc(Nc2ncc(C(=O)Nc3c(C)cccc3Cl)s2)cc(N2CCN(C3CC4(CCN(C(=O)OC(C)(C)C)CC4)C3)CC2)n1. The van der Waals surface area contributed by atoms with Gasteiger partial charge in [0.05, 0.1) is 16.9 Å². The van der Waals surface area contributed by atoms with Gasteiger partial charge >= 0.3 is 6.09 Å². The molecular formula is C33H43ClN8O3S. The van der Waals surface area contributed by atoms with Gasteiger partial charge in [-0.2, -0.15) is 0 Å². The van der Waals surface area contributed by atoms with Crippen LogP contribution in [0.1, 0.15) is 67.5 Å². The van der Waals surface area contributed by atoms with Crippen LogP contribution in [-0.4, -0.2) is 87.7 Å². The largest absolute Gasteiger partial charge is 0.444 e. The summed E-state index contributed by atoms with van der Waals surface area (Å²) >= 11 is 7.54. The number of piperidine rings is 1. The predicted molar refractivity (Wildman–Crippen MR) is 183 cm³/mol. The summed E-state index contributed by atoms with van der Waals surface area (Å²) in [5, 5.41) is 7.24. The van der Waals surface area contributed by atoms with Gasteiger partial charge in [-0.05, 0) is 77.3 Å². The number of piperazine rings is 1. The van der Waals surface area contributed by atoms with Gasteiger partial charge in [0.25, 0.3) is 5.91 Å². The first kappa shape index (κ1) is 32.5. The number of para-hydroxylation sites is 1. The van der Waals surface area contributed by atoms with Crippen molar-refractivity contribution in [3.63, 3.8) is 0 Å². The molecule has 3 fully saturated rings. The summed E-state index contributed by atoms with van der Waals surface area (Å²) in [4.78, 5) is 46.4. The molecule has 11 nitrogen and oxygen atoms in total. The second-order valence-electron chi connectivity index (χ2n) is 13.8. The maximum atomic E-state index is 12.9. The third-order valence-corrected chi connectivity index (χ3v) is 10.4. The lowest BCUT2D eigenvalue weighted by Gasteiger charge is -2.56. The Morgan fingerprint density at radius 1 is 1.04 bits per heavy atom. The van der Waals surface area contributed by atoms with Crippen molar-refractivity contribution in [2.24, 2.45) is 5.41 Å². The van der Waals surface area contributed by atoms with E-state index in [-0.39, 0.29) is 12.0 Å². The van der Waals surface area contributed by atoms with Crippen molar-refractivity contribution in [2.45, 2.75) is 71.9 Å². The van der Waals surface area contributed by atoms with Crippen molar-refractivity contribution >= 4 is 57.4 Å². The van der Waals surface area contributed by atoms with Gasteiger partial charge in [0, 0.05) is 51.4 Å². The molecule has 1 aliphatic carbocycles. The quantitative estimate of drug-likeness (QED) is 0.304. The van der Waals surface area contributed by atoms with Gasteiger partial charge in [-0.25, -0.2) is 19.7 Å². The number of carbonyl (C=O) groups excluding carboxylic acids is 2. The van der Waals surface area contributed by atoms with E-state index in [1.165, 1.54) is 24.2 Å². The number of nitrogens with zero attached hydrogens (tertiary/aromatic N) is 6. The molecule has 4 heterocycles. The van der Waals surface area contributed by atoms with E-state index in [4.69, 9.17) is 21.3 Å². The number of aromatic nitrogens is 3. The normalized spacial score (nSPS) is 18.7. The van der Waals surface area contributed by atoms with Gasteiger partial charge in [-0.1, -0.05) is 35.1 Å². The zero-order valence-corrected chi connectivity index (χ0v) is 28.8. The summed E-state index contributed by atoms with van der Waals surface area (Å²) in [6.45, 7) is 14.9. The molecule has 2 N–H and O–H groups in total. The zero-order chi connectivity index (χ0) is 32.6. The molecule has 246 valence electrons. The van der Waals surface area contributed by atoms with Crippen LogP contribution in [0.15, 0.2) is 30.5 Å². The van der Waals surface area contributed by atoms with Gasteiger partial charge in [0.15, 0.2) is 5.13 Å². The Morgan fingerprint density at radius 3 is 2.43 bits per heavy atom. The summed E-state index contributed by atoms with van der Waals surface area (Å²) in [6, 6.07) is 8.07. The lowest BCUT2D eigenvalue weighted by molar-refractivity contribution is -0.0489. The summed E-state index contributed by atoms with van der Waals surface area (Å²) in [7, 11) is 0. The lowest BCUT2D eigenvalue weighted by Crippen LogP contribution is -2.59. The highest BCUT2D eigenvalue weighted by Crippen LogP contribution is 2.51. The van der Waals surface area contributed by atoms with Crippen LogP contribution in [0.5, 0.6) is 0 Å². The molecule has 0 bridgehead atoms. The molecule has 0 unspecified atom stereocenters. The molecule has 3 aromatic rings. The predicted octanol–water partition coefficient (Wildman–Crippen LogP) is 6.50. The average molecular weight is 667 g/mol. The van der Waals surface area contributed by atoms with Gasteiger partial charge < -0.3 is 25.2 Å². The van der Waals surface area contributed by atoms with E-state index in [1.54, 1.807) is 12.3 Å². The summed E-state index contributed by atoms with van der Waals surface area (Å²) in [5.41, 5.74) is 1.41. The molecule has 2 amide bonds. The molecule has 13 heteroatoms. The number of likely N-dealkylation sites (tertiary alicyclic amines) is 1. The molecule has 1 spiro atoms. The molecule has 0 atom stereocenters. The number of aryl methyl sites for hydroxylation is 2. The summed E-state index contributed by atoms with van der Waals surface area (Å²) in [6.07, 6.45) is 5.91. The molecule has 2 saturated heterocycles. The van der Waals surface area contributed by atoms with E-state index in [0.29, 0.717) is 43.8 Å². The van der Waals surface area contributed by atoms with Crippen LogP contribution in [0, 0.1) is 19.3 Å². The van der Waals surface area contributed by atoms with Gasteiger partial charge in [0.1, 0.15) is 27.9 Å². The monoisotopic (exact) mass is 666 g/mol. The lowest BCUT2D eigenvalue weighted by atomic mass is 9.60. The van der Waals surface area contributed by atoms with Crippen molar-refractivity contribution in [3.05, 3.63) is 51.7 Å². The average Bonchev–Trinajstić information content (AvgIpc) is 3.45. The first-order chi connectivity index (χ1) is 21.9. The van der Waals surface area contributed by atoms with Crippen LogP contribution in [0.2, 0.25) is 5.02 Å². The minimum atomic E-state index is -0.457. The number of carbonyl (C=O) groups is 2. The number of nitrogens with one attached hydrogen (secondary N) is 2. The van der Waals surface area contributed by atoms with Crippen LogP contribution in [0.3, 0.4) is 0 Å². The topological polar surface area (TPSA) is 116 Å². The van der Waals surface area contributed by atoms with E-state index in [2.05, 4.69) is 30.4 Å². The Bertz CT molecular complexity index is 1560. The van der Waals surface area contributed by atoms with Crippen molar-refractivity contribution in [3.8, 4) is 0 Å². The summed E-state index contributed by atoms with van der Waals surface area (Å²) < 4.78 is 5.58. The van der Waals surface area contributed by atoms with E-state index in [1.807, 2.05) is 57.7 Å². The number of thiazole rings is 1. The first-order valence-corrected chi connectivity index (χ1v) is 17.2. The highest BCUT2D eigenvalue weighted by Gasteiger charge is 2.48. The molecule has 0 radical (unpaired) electrons. The maximum Gasteiger partial charge on any atom is 0.410 e. The van der Waals surface area contributed by atoms with E-state index < -0.39 is 5.60 Å². The fourth-order valence-corrected chi connectivity index (χ4v) is 7.69. The Labute approximate surface area is 279 Å². The van der Waals surface area contributed by atoms with Crippen molar-refractivity contribution in [1.29, 1.82) is 0 Å². The maximum absolute atomic E-state index is 12.9. The highest BCUT2D eigenvalue weighted by molar-refractivity contribution is 7.17. The highest BCUT2D eigenvalue weighted by atomic mass is 35.5. The second kappa shape index (κ2) is 13.0. The fourth-order valence-electron chi connectivity index (χ4n) is 6.70. The Hall–Kier alpha value is -3.48. The van der Waals surface area contributed by atoms with Gasteiger partial charge in [0.2, 0.25) is 0 Å². The van der Waals surface area contributed by atoms with Crippen molar-refractivity contribution in [2.75, 3.05) is 54.8 Å². The molecule has 3 aliphatic rings. The van der Waals surface area contributed by atoms with E-state index >= 15 is 0 Å². The fraction of sp³-hybridized carbons (Fsp3) is 0.545. The Kier molecular flexibility index (Phi) is 9.15. The van der Waals surface area contributed by atoms with E-state index in [9.17, 15) is 9.59 Å². The number of benzene rings is 1. The van der Waals surface area contributed by atoms with Crippen molar-refractivity contribution in [1.82, 2.24) is 24.8 Å². The van der Waals surface area contributed by atoms with Crippen molar-refractivity contribution < 1.29 is 14.3 Å². The zero-order valence-electron chi connectivity index (χ0n) is 27.2. The molecule has 2 aliphatic heterocycles. The van der Waals surface area contributed by atoms with Crippen LogP contribution in [0.4, 0.5) is 27.2 Å². The number of anilines is 4. The summed E-state index contributed by atoms with van der Waals surface area (Å²) in [5.74, 6) is 1.94. The number of hydrogen-bond donors (Lipinski definition) is 2. The van der Waals surface area contributed by atoms with Gasteiger partial charge in [-0.15, -0.1) is 0 Å². The van der Waals surface area contributed by atoms with Crippen LogP contribution < -0.4 is 15.5 Å². The Balaban J connectivity index is 0.991. The van der Waals surface area contributed by atoms with Crippen LogP contribution >= 0.6 is 22.9 Å². The number of amides is 2. The number of hydrogen-bond acceptors (Lipinski definition) is 10. The third-order valence-electron chi connectivity index (χ3n) is 9.22.